The lowest BCUT2D eigenvalue weighted by molar-refractivity contribution is 0.670. The number of anilines is 3. The van der Waals surface area contributed by atoms with E-state index in [1.807, 2.05) is 11.3 Å². The third-order valence-electron chi connectivity index (χ3n) is 10.9. The van der Waals surface area contributed by atoms with E-state index in [2.05, 4.69) is 205 Å². The maximum Gasteiger partial charge on any atom is 0.159 e. The largest absolute Gasteiger partial charge is 0.453 e. The van der Waals surface area contributed by atoms with E-state index in [0.717, 1.165) is 50.1 Å². The fraction of sp³-hybridized carbons (Fsp3) is 0. The molecule has 2 aromatic heterocycles. The second-order valence-electron chi connectivity index (χ2n) is 14.0. The molecule has 0 amide bonds. The fourth-order valence-corrected chi connectivity index (χ4v) is 9.48. The number of hydrogen-bond acceptors (Lipinski definition) is 3. The van der Waals surface area contributed by atoms with Gasteiger partial charge in [0.15, 0.2) is 5.58 Å². The molecule has 11 aromatic rings. The van der Waals surface area contributed by atoms with Crippen LogP contribution in [0.15, 0.2) is 205 Å². The molecule has 258 valence electrons. The molecule has 0 radical (unpaired) electrons. The minimum absolute atomic E-state index is 0.857. The van der Waals surface area contributed by atoms with Crippen molar-refractivity contribution in [3.63, 3.8) is 0 Å². The Kier molecular flexibility index (Phi) is 7.39. The minimum atomic E-state index is 0.857. The van der Waals surface area contributed by atoms with Crippen molar-refractivity contribution >= 4 is 81.3 Å². The number of hydrogen-bond donors (Lipinski definition) is 0. The van der Waals surface area contributed by atoms with Crippen molar-refractivity contribution in [3.05, 3.63) is 200 Å². The summed E-state index contributed by atoms with van der Waals surface area (Å²) in [4.78, 5) is 2.36. The van der Waals surface area contributed by atoms with E-state index in [4.69, 9.17) is 4.42 Å². The van der Waals surface area contributed by atoms with E-state index in [9.17, 15) is 0 Å². The molecule has 2 nitrogen and oxygen atoms in total. The molecule has 11 rings (SSSR count). The van der Waals surface area contributed by atoms with Crippen LogP contribution in [0.4, 0.5) is 17.1 Å². The van der Waals surface area contributed by atoms with Crippen LogP contribution in [0.1, 0.15) is 0 Å². The summed E-state index contributed by atoms with van der Waals surface area (Å²) in [5.41, 5.74) is 11.9. The lowest BCUT2D eigenvalue weighted by Crippen LogP contribution is -2.10. The van der Waals surface area contributed by atoms with E-state index in [1.165, 1.54) is 53.2 Å². The van der Waals surface area contributed by atoms with Gasteiger partial charge in [0.25, 0.3) is 0 Å². The second-order valence-corrected chi connectivity index (χ2v) is 15.1. The summed E-state index contributed by atoms with van der Waals surface area (Å²) >= 11 is 1.85. The number of fused-ring (bicyclic) bond motifs is 7. The number of nitrogens with zero attached hydrogens (tertiary/aromatic N) is 1. The first-order valence-corrected chi connectivity index (χ1v) is 19.5. The molecule has 0 aliphatic carbocycles. The first-order valence-electron chi connectivity index (χ1n) is 18.7. The average molecular weight is 720 g/mol. The van der Waals surface area contributed by atoms with E-state index < -0.39 is 0 Å². The normalized spacial score (nSPS) is 11.6. The van der Waals surface area contributed by atoms with E-state index in [0.29, 0.717) is 0 Å². The van der Waals surface area contributed by atoms with Crippen LogP contribution in [0, 0.1) is 0 Å². The third-order valence-corrected chi connectivity index (χ3v) is 12.0. The predicted octanol–water partition coefficient (Wildman–Crippen LogP) is 15.6. The Bertz CT molecular complexity index is 3200. The molecule has 9 aromatic carbocycles. The molecular weight excluding hydrogens is 687 g/mol. The smallest absolute Gasteiger partial charge is 0.159 e. The van der Waals surface area contributed by atoms with Crippen LogP contribution in [0.5, 0.6) is 0 Å². The van der Waals surface area contributed by atoms with Gasteiger partial charge in [0.05, 0.1) is 5.69 Å². The number of para-hydroxylation sites is 2. The molecule has 0 atom stereocenters. The van der Waals surface area contributed by atoms with Crippen LogP contribution in [0.3, 0.4) is 0 Å². The van der Waals surface area contributed by atoms with Crippen molar-refractivity contribution < 1.29 is 4.42 Å². The maximum absolute atomic E-state index is 7.00. The van der Waals surface area contributed by atoms with Gasteiger partial charge in [0.2, 0.25) is 0 Å². The van der Waals surface area contributed by atoms with E-state index in [1.54, 1.807) is 0 Å². The summed E-state index contributed by atoms with van der Waals surface area (Å²) < 4.78 is 9.61. The van der Waals surface area contributed by atoms with Gasteiger partial charge in [0.1, 0.15) is 5.58 Å². The van der Waals surface area contributed by atoms with Crippen molar-refractivity contribution in [1.29, 1.82) is 0 Å². The number of furan rings is 1. The molecule has 0 saturated carbocycles. The molecule has 0 saturated heterocycles. The van der Waals surface area contributed by atoms with E-state index >= 15 is 0 Å². The van der Waals surface area contributed by atoms with Gasteiger partial charge in [0, 0.05) is 47.9 Å². The lowest BCUT2D eigenvalue weighted by Gasteiger charge is -2.26. The Hall–Kier alpha value is -6.94. The van der Waals surface area contributed by atoms with Crippen molar-refractivity contribution in [3.8, 4) is 33.4 Å². The van der Waals surface area contributed by atoms with Crippen LogP contribution < -0.4 is 4.90 Å². The Balaban J connectivity index is 1.12. The zero-order chi connectivity index (χ0) is 36.3. The molecule has 0 spiro atoms. The number of benzene rings is 9. The minimum Gasteiger partial charge on any atom is -0.453 e. The van der Waals surface area contributed by atoms with Crippen molar-refractivity contribution in [2.24, 2.45) is 0 Å². The summed E-state index contributed by atoms with van der Waals surface area (Å²) in [5.74, 6) is 0. The lowest BCUT2D eigenvalue weighted by atomic mass is 9.97. The SMILES string of the molecule is c1ccc(-c2cccc3c2oc2c(N(c4ccc(-c5cccc6ccccc56)cc4)c4cccc(-c5cccc6sc7ccccc7c56)c4)cccc23)cc1. The van der Waals surface area contributed by atoms with Gasteiger partial charge < -0.3 is 9.32 Å². The van der Waals surface area contributed by atoms with Crippen molar-refractivity contribution in [1.82, 2.24) is 0 Å². The summed E-state index contributed by atoms with van der Waals surface area (Å²) in [5, 5.41) is 7.29. The Labute approximate surface area is 322 Å². The highest BCUT2D eigenvalue weighted by Crippen LogP contribution is 2.46. The van der Waals surface area contributed by atoms with Gasteiger partial charge in [-0.15, -0.1) is 11.3 Å². The number of thiophene rings is 1. The van der Waals surface area contributed by atoms with Crippen LogP contribution in [-0.2, 0) is 0 Å². The third kappa shape index (κ3) is 5.24. The molecule has 3 heteroatoms. The average Bonchev–Trinajstić information content (AvgIpc) is 3.84. The summed E-state index contributed by atoms with van der Waals surface area (Å²) in [6.07, 6.45) is 0. The molecule has 0 unspecified atom stereocenters. The second kappa shape index (κ2) is 12.9. The first-order chi connectivity index (χ1) is 27.3. The van der Waals surface area contributed by atoms with Crippen molar-refractivity contribution in [2.75, 3.05) is 4.90 Å². The topological polar surface area (TPSA) is 16.4 Å². The molecular formula is C52H33NOS. The van der Waals surface area contributed by atoms with Gasteiger partial charge in [-0.05, 0) is 81.1 Å². The quantitative estimate of drug-likeness (QED) is 0.170. The number of rotatable bonds is 6. The zero-order valence-corrected chi connectivity index (χ0v) is 30.6. The highest BCUT2D eigenvalue weighted by atomic mass is 32.1. The summed E-state index contributed by atoms with van der Waals surface area (Å²) in [6.45, 7) is 0. The molecule has 0 aliphatic rings. The first kappa shape index (κ1) is 31.6. The monoisotopic (exact) mass is 719 g/mol. The zero-order valence-electron chi connectivity index (χ0n) is 29.8. The van der Waals surface area contributed by atoms with E-state index in [-0.39, 0.29) is 0 Å². The Morgan fingerprint density at radius 2 is 0.964 bits per heavy atom. The van der Waals surface area contributed by atoms with Gasteiger partial charge in [-0.3, -0.25) is 0 Å². The molecule has 0 fully saturated rings. The highest BCUT2D eigenvalue weighted by molar-refractivity contribution is 7.25. The summed E-state index contributed by atoms with van der Waals surface area (Å²) in [6, 6.07) is 72.0. The van der Waals surface area contributed by atoms with Crippen LogP contribution in [0.2, 0.25) is 0 Å². The van der Waals surface area contributed by atoms with Crippen LogP contribution >= 0.6 is 11.3 Å². The Morgan fingerprint density at radius 1 is 0.364 bits per heavy atom. The van der Waals surface area contributed by atoms with Gasteiger partial charge in [-0.2, -0.15) is 0 Å². The molecule has 0 aliphatic heterocycles. The molecule has 2 heterocycles. The van der Waals surface area contributed by atoms with Gasteiger partial charge >= 0.3 is 0 Å². The van der Waals surface area contributed by atoms with Crippen molar-refractivity contribution in [2.45, 2.75) is 0 Å². The highest BCUT2D eigenvalue weighted by Gasteiger charge is 2.22. The standard InChI is InChI=1S/C52H33NOS/c1-2-13-35(14-3-1)43-23-10-24-44-45-25-11-26-47(52(45)54-51(43)44)53(38-31-29-36(30-32-38)41-21-9-16-34-15-4-5-19-40(34)41)39-18-8-17-37(33-39)42-22-12-28-49-50(42)46-20-6-7-27-48(46)55-49/h1-33H. The molecule has 0 bridgehead atoms. The maximum atomic E-state index is 7.00. The predicted molar refractivity (Wildman–Crippen MR) is 235 cm³/mol. The summed E-state index contributed by atoms with van der Waals surface area (Å²) in [7, 11) is 0. The van der Waals surface area contributed by atoms with Gasteiger partial charge in [-0.1, -0.05) is 158 Å². The van der Waals surface area contributed by atoms with Crippen LogP contribution in [0.25, 0.3) is 86.3 Å². The Morgan fingerprint density at radius 3 is 1.85 bits per heavy atom. The molecule has 55 heavy (non-hydrogen) atoms. The van der Waals surface area contributed by atoms with Crippen LogP contribution in [-0.4, -0.2) is 0 Å². The van der Waals surface area contributed by atoms with Gasteiger partial charge in [-0.25, -0.2) is 0 Å². The fourth-order valence-electron chi connectivity index (χ4n) is 8.35. The molecule has 0 N–H and O–H groups in total.